The summed E-state index contributed by atoms with van der Waals surface area (Å²) in [6.45, 7) is 1.81. The Kier molecular flexibility index (Phi) is 8.90. The van der Waals surface area contributed by atoms with Crippen LogP contribution in [0.4, 0.5) is 0 Å². The van der Waals surface area contributed by atoms with Crippen molar-refractivity contribution in [2.24, 2.45) is 0 Å². The maximum Gasteiger partial charge on any atom is 0.393 e. The van der Waals surface area contributed by atoms with Gasteiger partial charge < -0.3 is 9.05 Å². The van der Waals surface area contributed by atoms with Gasteiger partial charge in [-0.2, -0.15) is 0 Å². The van der Waals surface area contributed by atoms with Gasteiger partial charge in [0.2, 0.25) is 0 Å². The lowest BCUT2D eigenvalue weighted by atomic mass is 10.4. The molecule has 0 aliphatic heterocycles. The topological polar surface area (TPSA) is 35.5 Å². The molecule has 0 heterocycles. The first-order chi connectivity index (χ1) is 9.61. The fraction of sp³-hybridized carbons (Fsp3) is 0.571. The summed E-state index contributed by atoms with van der Waals surface area (Å²) in [5, 5.41) is 0.566. The fourth-order valence-electron chi connectivity index (χ4n) is 1.37. The van der Waals surface area contributed by atoms with E-state index in [-0.39, 0.29) is 0 Å². The molecule has 0 radical (unpaired) electrons. The summed E-state index contributed by atoms with van der Waals surface area (Å²) in [5.41, 5.74) is 0. The van der Waals surface area contributed by atoms with Crippen LogP contribution in [0.3, 0.4) is 0 Å². The van der Waals surface area contributed by atoms with Crippen LogP contribution < -0.4 is 0 Å². The number of hydrogen-bond donors (Lipinski definition) is 0. The van der Waals surface area contributed by atoms with E-state index in [0.29, 0.717) is 18.2 Å². The third-order valence-electron chi connectivity index (χ3n) is 2.54. The molecule has 0 fully saturated rings. The fourth-order valence-corrected chi connectivity index (χ4v) is 5.17. The van der Waals surface area contributed by atoms with Gasteiger partial charge in [0.25, 0.3) is 0 Å². The second kappa shape index (κ2) is 9.86. The van der Waals surface area contributed by atoms with Gasteiger partial charge in [0.1, 0.15) is 0 Å². The van der Waals surface area contributed by atoms with Gasteiger partial charge in [-0.3, -0.25) is 0 Å². The molecule has 0 spiro atoms. The maximum atomic E-state index is 12.7. The molecule has 0 saturated carbocycles. The Morgan fingerprint density at radius 3 is 2.15 bits per heavy atom. The number of unbranched alkanes of at least 4 members (excludes halogenated alkanes) is 2. The Morgan fingerprint density at radius 2 is 1.65 bits per heavy atom. The number of halogens is 1. The summed E-state index contributed by atoms with van der Waals surface area (Å²) in [5.74, 6) is 0. The summed E-state index contributed by atoms with van der Waals surface area (Å²) >= 11 is 7.20. The van der Waals surface area contributed by atoms with Gasteiger partial charge in [-0.05, 0) is 36.4 Å². The van der Waals surface area contributed by atoms with Gasteiger partial charge in [0.05, 0.1) is 18.2 Å². The summed E-state index contributed by atoms with van der Waals surface area (Å²) in [6.07, 6.45) is 3.71. The highest BCUT2D eigenvalue weighted by Gasteiger charge is 2.27. The maximum absolute atomic E-state index is 12.7. The van der Waals surface area contributed by atoms with Crippen molar-refractivity contribution >= 4 is 29.8 Å². The van der Waals surface area contributed by atoms with E-state index in [0.717, 1.165) is 42.0 Å². The summed E-state index contributed by atoms with van der Waals surface area (Å²) in [4.78, 5) is 0.727. The lowest BCUT2D eigenvalue weighted by Gasteiger charge is -2.18. The Labute approximate surface area is 130 Å². The minimum atomic E-state index is -3.20. The van der Waals surface area contributed by atoms with Crippen LogP contribution in [0.1, 0.15) is 39.5 Å². The first-order valence-electron chi connectivity index (χ1n) is 6.94. The van der Waals surface area contributed by atoms with E-state index >= 15 is 0 Å². The molecule has 1 aromatic carbocycles. The zero-order valence-corrected chi connectivity index (χ0v) is 14.5. The minimum absolute atomic E-state index is 0.442. The van der Waals surface area contributed by atoms with Crippen LogP contribution in [0.15, 0.2) is 29.2 Å². The Morgan fingerprint density at radius 1 is 1.10 bits per heavy atom. The predicted octanol–water partition coefficient (Wildman–Crippen LogP) is 6.17. The smallest absolute Gasteiger partial charge is 0.301 e. The molecule has 0 atom stereocenters. The van der Waals surface area contributed by atoms with E-state index in [2.05, 4.69) is 13.8 Å². The van der Waals surface area contributed by atoms with Crippen molar-refractivity contribution in [3.8, 4) is 0 Å². The van der Waals surface area contributed by atoms with Crippen molar-refractivity contribution < 1.29 is 13.6 Å². The minimum Gasteiger partial charge on any atom is -0.301 e. The summed E-state index contributed by atoms with van der Waals surface area (Å²) < 4.78 is 23.8. The predicted molar refractivity (Wildman–Crippen MR) is 86.6 cm³/mol. The van der Waals surface area contributed by atoms with Crippen molar-refractivity contribution in [3.63, 3.8) is 0 Å². The van der Waals surface area contributed by atoms with Crippen LogP contribution in [0, 0.1) is 0 Å². The SMILES string of the molecule is CCCCOP(=O)(OCCCC)Sc1ccccc1Cl. The molecule has 1 rings (SSSR count). The van der Waals surface area contributed by atoms with Gasteiger partial charge >= 0.3 is 6.80 Å². The molecule has 6 heteroatoms. The third kappa shape index (κ3) is 6.64. The highest BCUT2D eigenvalue weighted by atomic mass is 35.5. The molecule has 3 nitrogen and oxygen atoms in total. The Hall–Kier alpha value is 0.01000. The van der Waals surface area contributed by atoms with Crippen molar-refractivity contribution in [2.75, 3.05) is 13.2 Å². The number of benzene rings is 1. The van der Waals surface area contributed by atoms with Crippen LogP contribution >= 0.6 is 29.8 Å². The molecule has 1 aromatic rings. The van der Waals surface area contributed by atoms with E-state index in [9.17, 15) is 4.57 Å². The lowest BCUT2D eigenvalue weighted by Crippen LogP contribution is -1.97. The van der Waals surface area contributed by atoms with Gasteiger partial charge in [-0.25, -0.2) is 4.57 Å². The first-order valence-corrected chi connectivity index (χ1v) is 10.3. The Bertz CT molecular complexity index is 428. The molecule has 0 bridgehead atoms. The molecule has 0 aliphatic rings. The third-order valence-corrected chi connectivity index (χ3v) is 6.65. The van der Waals surface area contributed by atoms with Gasteiger partial charge in [0.15, 0.2) is 0 Å². The quantitative estimate of drug-likeness (QED) is 0.378. The van der Waals surface area contributed by atoms with Gasteiger partial charge in [-0.15, -0.1) is 0 Å². The molecule has 20 heavy (non-hydrogen) atoms. The highest BCUT2D eigenvalue weighted by Crippen LogP contribution is 2.64. The monoisotopic (exact) mass is 336 g/mol. The van der Waals surface area contributed by atoms with E-state index < -0.39 is 6.80 Å². The Balaban J connectivity index is 2.70. The lowest BCUT2D eigenvalue weighted by molar-refractivity contribution is 0.215. The number of rotatable bonds is 10. The van der Waals surface area contributed by atoms with Crippen LogP contribution in [-0.2, 0) is 13.6 Å². The van der Waals surface area contributed by atoms with Crippen molar-refractivity contribution in [2.45, 2.75) is 44.4 Å². The zero-order valence-electron chi connectivity index (χ0n) is 12.0. The van der Waals surface area contributed by atoms with E-state index in [1.807, 2.05) is 18.2 Å². The standard InChI is InChI=1S/C14H22ClO3PS/c1-3-5-11-17-19(16,18-12-6-4-2)20-14-10-8-7-9-13(14)15/h7-10H,3-6,11-12H2,1-2H3. The molecular formula is C14H22ClO3PS. The van der Waals surface area contributed by atoms with Crippen LogP contribution in [0.25, 0.3) is 0 Å². The van der Waals surface area contributed by atoms with Gasteiger partial charge in [0, 0.05) is 4.90 Å². The van der Waals surface area contributed by atoms with Crippen LogP contribution in [0.2, 0.25) is 5.02 Å². The van der Waals surface area contributed by atoms with Crippen LogP contribution in [-0.4, -0.2) is 13.2 Å². The van der Waals surface area contributed by atoms with E-state index in [1.54, 1.807) is 6.07 Å². The van der Waals surface area contributed by atoms with Crippen LogP contribution in [0.5, 0.6) is 0 Å². The summed E-state index contributed by atoms with van der Waals surface area (Å²) in [6, 6.07) is 7.29. The van der Waals surface area contributed by atoms with Gasteiger partial charge in [-0.1, -0.05) is 50.4 Å². The summed E-state index contributed by atoms with van der Waals surface area (Å²) in [7, 11) is 0. The van der Waals surface area contributed by atoms with E-state index in [4.69, 9.17) is 20.6 Å². The average Bonchev–Trinajstić information content (AvgIpc) is 2.42. The molecular weight excluding hydrogens is 315 g/mol. The van der Waals surface area contributed by atoms with Crippen molar-refractivity contribution in [1.82, 2.24) is 0 Å². The second-order valence-corrected chi connectivity index (χ2v) is 8.67. The largest absolute Gasteiger partial charge is 0.393 e. The first kappa shape index (κ1) is 18.1. The molecule has 0 amide bonds. The average molecular weight is 337 g/mol. The molecule has 114 valence electrons. The second-order valence-electron chi connectivity index (χ2n) is 4.34. The highest BCUT2D eigenvalue weighted by molar-refractivity contribution is 8.55. The molecule has 0 N–H and O–H groups in total. The molecule has 0 unspecified atom stereocenters. The molecule has 0 aliphatic carbocycles. The molecule has 0 aromatic heterocycles. The normalized spacial score (nSPS) is 11.8. The van der Waals surface area contributed by atoms with Crippen molar-refractivity contribution in [1.29, 1.82) is 0 Å². The van der Waals surface area contributed by atoms with Crippen molar-refractivity contribution in [3.05, 3.63) is 29.3 Å². The van der Waals surface area contributed by atoms with E-state index in [1.165, 1.54) is 0 Å². The zero-order chi connectivity index (χ0) is 14.8. The number of hydrogen-bond acceptors (Lipinski definition) is 4. The molecule has 0 saturated heterocycles.